The molecule has 0 atom stereocenters. The molecule has 1 aliphatic rings. The van der Waals surface area contributed by atoms with Crippen molar-refractivity contribution in [3.63, 3.8) is 0 Å². The van der Waals surface area contributed by atoms with Gasteiger partial charge in [-0.2, -0.15) is 0 Å². The first kappa shape index (κ1) is 27.7. The van der Waals surface area contributed by atoms with Gasteiger partial charge < -0.3 is 9.47 Å². The van der Waals surface area contributed by atoms with E-state index in [1.165, 1.54) is 0 Å². The lowest BCUT2D eigenvalue weighted by molar-refractivity contribution is -0.124. The van der Waals surface area contributed by atoms with Crippen LogP contribution < -0.4 is 9.64 Å². The minimum absolute atomic E-state index is 0.00499. The lowest BCUT2D eigenvalue weighted by atomic mass is 9.82. The van der Waals surface area contributed by atoms with E-state index in [2.05, 4.69) is 6.92 Å². The maximum atomic E-state index is 13.7. The van der Waals surface area contributed by atoms with Gasteiger partial charge >= 0.3 is 5.97 Å². The summed E-state index contributed by atoms with van der Waals surface area (Å²) in [5.41, 5.74) is 1.93. The first-order valence-corrected chi connectivity index (χ1v) is 13.7. The third kappa shape index (κ3) is 6.38. The molecule has 2 aromatic carbocycles. The average molecular weight is 538 g/mol. The number of rotatable bonds is 9. The maximum absolute atomic E-state index is 13.7. The summed E-state index contributed by atoms with van der Waals surface area (Å²) in [7, 11) is 0. The zero-order chi connectivity index (χ0) is 27.2. The lowest BCUT2D eigenvalue weighted by Gasteiger charge is -2.32. The summed E-state index contributed by atoms with van der Waals surface area (Å²) in [6.45, 7) is 8.47. The lowest BCUT2D eigenvalue weighted by Crippen LogP contribution is -2.43. The van der Waals surface area contributed by atoms with Crippen molar-refractivity contribution in [1.82, 2.24) is 9.78 Å². The molecule has 8 heteroatoms. The molecule has 7 nitrogen and oxygen atoms in total. The standard InChI is InChI=1S/C30H36ClN3O4/c1-5-37-30(36)25-18-33(24-15-16-27(26(31)17-24)38-19-22-9-7-6-8-10-22)32-28(25)34(20(2)3)29(35)23-13-11-21(4)12-14-23/h6-10,15-18,20-21,23H,5,11-14,19H2,1-4H3/t21-,23-. The Hall–Kier alpha value is -3.32. The van der Waals surface area contributed by atoms with Crippen molar-refractivity contribution in [2.45, 2.75) is 66.0 Å². The van der Waals surface area contributed by atoms with Crippen molar-refractivity contribution in [1.29, 1.82) is 0 Å². The second kappa shape index (κ2) is 12.5. The van der Waals surface area contributed by atoms with Crippen LogP contribution in [-0.4, -0.2) is 34.3 Å². The Bertz CT molecular complexity index is 1250. The summed E-state index contributed by atoms with van der Waals surface area (Å²) in [6.07, 6.45) is 5.35. The number of aromatic nitrogens is 2. The average Bonchev–Trinajstić information content (AvgIpc) is 3.34. The van der Waals surface area contributed by atoms with E-state index < -0.39 is 5.97 Å². The number of hydrogen-bond donors (Lipinski definition) is 0. The van der Waals surface area contributed by atoms with Crippen LogP contribution in [0.3, 0.4) is 0 Å². The Morgan fingerprint density at radius 2 is 1.82 bits per heavy atom. The number of anilines is 1. The molecule has 0 saturated heterocycles. The van der Waals surface area contributed by atoms with Crippen LogP contribution in [0.4, 0.5) is 5.82 Å². The van der Waals surface area contributed by atoms with Crippen LogP contribution in [0.2, 0.25) is 5.02 Å². The number of esters is 1. The molecule has 0 bridgehead atoms. The number of nitrogens with zero attached hydrogens (tertiary/aromatic N) is 3. The molecular weight excluding hydrogens is 502 g/mol. The van der Waals surface area contributed by atoms with Gasteiger partial charge in [-0.25, -0.2) is 9.48 Å². The summed E-state index contributed by atoms with van der Waals surface area (Å²) < 4.78 is 12.8. The quantitative estimate of drug-likeness (QED) is 0.279. The Morgan fingerprint density at radius 3 is 2.45 bits per heavy atom. The van der Waals surface area contributed by atoms with E-state index in [4.69, 9.17) is 26.2 Å². The van der Waals surface area contributed by atoms with Crippen LogP contribution >= 0.6 is 11.6 Å². The second-order valence-electron chi connectivity index (χ2n) is 10.2. The van der Waals surface area contributed by atoms with E-state index in [-0.39, 0.29) is 30.0 Å². The maximum Gasteiger partial charge on any atom is 0.343 e. The van der Waals surface area contributed by atoms with Gasteiger partial charge in [0.1, 0.15) is 17.9 Å². The summed E-state index contributed by atoms with van der Waals surface area (Å²) in [5.74, 6) is 0.892. The number of benzene rings is 2. The number of halogens is 1. The van der Waals surface area contributed by atoms with Gasteiger partial charge in [0, 0.05) is 18.2 Å². The van der Waals surface area contributed by atoms with Gasteiger partial charge in [0.05, 0.1) is 17.3 Å². The van der Waals surface area contributed by atoms with Crippen LogP contribution in [0, 0.1) is 11.8 Å². The van der Waals surface area contributed by atoms with Crippen LogP contribution in [0.15, 0.2) is 54.7 Å². The van der Waals surface area contributed by atoms with Crippen LogP contribution in [0.25, 0.3) is 5.69 Å². The zero-order valence-electron chi connectivity index (χ0n) is 22.5. The molecule has 202 valence electrons. The molecule has 38 heavy (non-hydrogen) atoms. The Balaban J connectivity index is 1.64. The highest BCUT2D eigenvalue weighted by Gasteiger charge is 2.34. The van der Waals surface area contributed by atoms with Crippen molar-refractivity contribution < 1.29 is 19.1 Å². The van der Waals surface area contributed by atoms with E-state index in [1.807, 2.05) is 50.2 Å². The minimum Gasteiger partial charge on any atom is -0.487 e. The molecule has 1 amide bonds. The molecule has 0 radical (unpaired) electrons. The summed E-state index contributed by atoms with van der Waals surface area (Å²) in [4.78, 5) is 28.3. The SMILES string of the molecule is CCOC(=O)c1cn(-c2ccc(OCc3ccccc3)c(Cl)c2)nc1N(C(=O)[C@H]1CC[C@H](C)CC1)C(C)C. The van der Waals surface area contributed by atoms with Crippen molar-refractivity contribution in [3.05, 3.63) is 70.9 Å². The number of hydrogen-bond acceptors (Lipinski definition) is 5. The van der Waals surface area contributed by atoms with Gasteiger partial charge in [-0.1, -0.05) is 48.9 Å². The number of ether oxygens (including phenoxy) is 2. The minimum atomic E-state index is -0.515. The molecule has 1 saturated carbocycles. The highest BCUT2D eigenvalue weighted by atomic mass is 35.5. The smallest absolute Gasteiger partial charge is 0.343 e. The molecule has 1 heterocycles. The molecule has 1 aliphatic carbocycles. The van der Waals surface area contributed by atoms with Crippen molar-refractivity contribution >= 4 is 29.3 Å². The Morgan fingerprint density at radius 1 is 1.11 bits per heavy atom. The van der Waals surface area contributed by atoms with Crippen molar-refractivity contribution in [2.24, 2.45) is 11.8 Å². The van der Waals surface area contributed by atoms with Gasteiger partial charge in [-0.15, -0.1) is 5.10 Å². The molecular formula is C30H36ClN3O4. The largest absolute Gasteiger partial charge is 0.487 e. The van der Waals surface area contributed by atoms with E-state index in [1.54, 1.807) is 34.8 Å². The number of carbonyl (C=O) groups is 2. The van der Waals surface area contributed by atoms with Gasteiger partial charge in [0.25, 0.3) is 0 Å². The molecule has 1 fully saturated rings. The monoisotopic (exact) mass is 537 g/mol. The predicted molar refractivity (Wildman–Crippen MR) is 149 cm³/mol. The van der Waals surface area contributed by atoms with Crippen molar-refractivity contribution in [2.75, 3.05) is 11.5 Å². The number of amides is 1. The molecule has 0 N–H and O–H groups in total. The zero-order valence-corrected chi connectivity index (χ0v) is 23.3. The Kier molecular flexibility index (Phi) is 9.10. The predicted octanol–water partition coefficient (Wildman–Crippen LogP) is 6.85. The fraction of sp³-hybridized carbons (Fsp3) is 0.433. The number of carbonyl (C=O) groups excluding carboxylic acids is 2. The normalized spacial score (nSPS) is 17.3. The topological polar surface area (TPSA) is 73.7 Å². The first-order chi connectivity index (χ1) is 18.3. The molecule has 0 aliphatic heterocycles. The second-order valence-corrected chi connectivity index (χ2v) is 10.6. The van der Waals surface area contributed by atoms with Crippen molar-refractivity contribution in [3.8, 4) is 11.4 Å². The fourth-order valence-electron chi connectivity index (χ4n) is 4.82. The third-order valence-corrected chi connectivity index (χ3v) is 7.25. The van der Waals surface area contributed by atoms with Crippen LogP contribution in [0.1, 0.15) is 69.3 Å². The Labute approximate surface area is 229 Å². The van der Waals surface area contributed by atoms with E-state index in [0.29, 0.717) is 34.8 Å². The highest BCUT2D eigenvalue weighted by Crippen LogP contribution is 2.34. The summed E-state index contributed by atoms with van der Waals surface area (Å²) >= 11 is 6.56. The van der Waals surface area contributed by atoms with Crippen LogP contribution in [-0.2, 0) is 16.1 Å². The van der Waals surface area contributed by atoms with E-state index in [9.17, 15) is 9.59 Å². The highest BCUT2D eigenvalue weighted by molar-refractivity contribution is 6.32. The van der Waals surface area contributed by atoms with Gasteiger partial charge in [-0.3, -0.25) is 9.69 Å². The fourth-order valence-corrected chi connectivity index (χ4v) is 5.05. The van der Waals surface area contributed by atoms with E-state index in [0.717, 1.165) is 31.2 Å². The molecule has 3 aromatic rings. The summed E-state index contributed by atoms with van der Waals surface area (Å²) in [6, 6.07) is 15.0. The molecule has 0 spiro atoms. The van der Waals surface area contributed by atoms with Gasteiger partial charge in [-0.05, 0) is 76.1 Å². The first-order valence-electron chi connectivity index (χ1n) is 13.3. The third-order valence-electron chi connectivity index (χ3n) is 6.95. The van der Waals surface area contributed by atoms with Gasteiger partial charge in [0.2, 0.25) is 5.91 Å². The summed E-state index contributed by atoms with van der Waals surface area (Å²) in [5, 5.41) is 5.14. The van der Waals surface area contributed by atoms with Gasteiger partial charge in [0.15, 0.2) is 5.82 Å². The molecule has 1 aromatic heterocycles. The molecule has 0 unspecified atom stereocenters. The van der Waals surface area contributed by atoms with Crippen LogP contribution in [0.5, 0.6) is 5.75 Å². The van der Waals surface area contributed by atoms with E-state index >= 15 is 0 Å². The molecule has 4 rings (SSSR count).